The summed E-state index contributed by atoms with van der Waals surface area (Å²) in [6, 6.07) is 30.9. The van der Waals surface area contributed by atoms with E-state index in [1.165, 1.54) is 10.8 Å². The zero-order valence-corrected chi connectivity index (χ0v) is 20.4. The zero-order valence-electron chi connectivity index (χ0n) is 19.5. The first-order chi connectivity index (χ1) is 16.4. The third kappa shape index (κ3) is 2.97. The first-order valence-electron chi connectivity index (χ1n) is 11.6. The van der Waals surface area contributed by atoms with Crippen molar-refractivity contribution in [3.8, 4) is 16.9 Å². The topological polar surface area (TPSA) is 39.2 Å². The van der Waals surface area contributed by atoms with Gasteiger partial charge in [0.25, 0.3) is 0 Å². The van der Waals surface area contributed by atoms with E-state index in [9.17, 15) is 0 Å². The summed E-state index contributed by atoms with van der Waals surface area (Å²) in [7, 11) is -3.12. The summed E-state index contributed by atoms with van der Waals surface area (Å²) >= 11 is 0. The van der Waals surface area contributed by atoms with Gasteiger partial charge >= 0.3 is 0 Å². The normalized spacial score (nSPS) is 19.8. The molecular weight excluding hydrogens is 437 g/mol. The van der Waals surface area contributed by atoms with Gasteiger partial charge in [-0.1, -0.05) is 87.5 Å². The van der Waals surface area contributed by atoms with E-state index in [-0.39, 0.29) is 0 Å². The lowest BCUT2D eigenvalue weighted by Crippen LogP contribution is -2.25. The van der Waals surface area contributed by atoms with E-state index in [2.05, 4.69) is 86.4 Å². The van der Waals surface area contributed by atoms with Crippen LogP contribution in [0.25, 0.3) is 32.7 Å². The molecule has 0 radical (unpaired) electrons. The van der Waals surface area contributed by atoms with Gasteiger partial charge in [0.05, 0.1) is 11.0 Å². The Balaban J connectivity index is 1.73. The van der Waals surface area contributed by atoms with Crippen LogP contribution in [-0.2, 0) is 4.57 Å². The van der Waals surface area contributed by atoms with Crippen molar-refractivity contribution in [2.24, 2.45) is 0 Å². The fourth-order valence-corrected chi connectivity index (χ4v) is 8.63. The number of ether oxygens (including phenoxy) is 1. The van der Waals surface area contributed by atoms with E-state index in [4.69, 9.17) is 4.74 Å². The SMILES string of the molecule is CC(C)(C)P1(=O)c2c(cccc2-c2c3ccccc3cc3ccccc23)OC1c1ccccn1. The van der Waals surface area contributed by atoms with Crippen LogP contribution in [-0.4, -0.2) is 10.1 Å². The van der Waals surface area contributed by atoms with Gasteiger partial charge in [-0.25, -0.2) is 0 Å². The van der Waals surface area contributed by atoms with Crippen LogP contribution < -0.4 is 10.0 Å². The molecule has 0 aliphatic carbocycles. The summed E-state index contributed by atoms with van der Waals surface area (Å²) in [6.07, 6.45) is 1.74. The van der Waals surface area contributed by atoms with Crippen molar-refractivity contribution < 1.29 is 9.30 Å². The highest BCUT2D eigenvalue weighted by atomic mass is 31.2. The van der Waals surface area contributed by atoms with E-state index in [0.717, 1.165) is 27.2 Å². The third-order valence-electron chi connectivity index (χ3n) is 6.88. The van der Waals surface area contributed by atoms with E-state index >= 15 is 4.57 Å². The molecule has 2 heterocycles. The molecule has 2 atom stereocenters. The Bertz CT molecular complexity index is 1550. The summed E-state index contributed by atoms with van der Waals surface area (Å²) in [4.78, 5) is 4.56. The Morgan fingerprint density at radius 1 is 0.794 bits per heavy atom. The lowest BCUT2D eigenvalue weighted by atomic mass is 9.92. The summed E-state index contributed by atoms with van der Waals surface area (Å²) in [6.45, 7) is 6.17. The Labute approximate surface area is 199 Å². The molecule has 5 aromatic rings. The zero-order chi connectivity index (χ0) is 23.5. The highest BCUT2D eigenvalue weighted by Crippen LogP contribution is 2.72. The first kappa shape index (κ1) is 21.1. The molecule has 0 spiro atoms. The van der Waals surface area contributed by atoms with Crippen LogP contribution in [0.15, 0.2) is 97.2 Å². The van der Waals surface area contributed by atoms with E-state index in [1.807, 2.05) is 30.3 Å². The molecule has 0 fully saturated rings. The van der Waals surface area contributed by atoms with E-state index in [0.29, 0.717) is 11.4 Å². The molecule has 2 unspecified atom stereocenters. The second kappa shape index (κ2) is 7.55. The molecule has 4 heteroatoms. The Hall–Kier alpha value is -3.42. The summed E-state index contributed by atoms with van der Waals surface area (Å²) in [5.74, 6) is 0.0921. The predicted molar refractivity (Wildman–Crippen MR) is 141 cm³/mol. The van der Waals surface area contributed by atoms with Crippen molar-refractivity contribution in [2.75, 3.05) is 0 Å². The first-order valence-corrected chi connectivity index (χ1v) is 13.4. The number of hydrogen-bond donors (Lipinski definition) is 0. The quantitative estimate of drug-likeness (QED) is 0.197. The number of hydrogen-bond acceptors (Lipinski definition) is 3. The van der Waals surface area contributed by atoms with Crippen molar-refractivity contribution >= 4 is 34.0 Å². The van der Waals surface area contributed by atoms with E-state index < -0.39 is 18.1 Å². The molecule has 4 aromatic carbocycles. The number of pyridine rings is 1. The highest BCUT2D eigenvalue weighted by molar-refractivity contribution is 7.74. The van der Waals surface area contributed by atoms with E-state index in [1.54, 1.807) is 6.20 Å². The molecule has 0 N–H and O–H groups in total. The molecule has 1 aromatic heterocycles. The van der Waals surface area contributed by atoms with Gasteiger partial charge in [-0.15, -0.1) is 0 Å². The maximum atomic E-state index is 15.3. The van der Waals surface area contributed by atoms with Crippen LogP contribution in [0, 0.1) is 0 Å². The second-order valence-corrected chi connectivity index (χ2v) is 13.5. The summed E-state index contributed by atoms with van der Waals surface area (Å²) < 4.78 is 21.8. The molecule has 0 bridgehead atoms. The fraction of sp³-hybridized carbons (Fsp3) is 0.167. The summed E-state index contributed by atoms with van der Waals surface area (Å²) in [5.41, 5.74) is 2.81. The van der Waals surface area contributed by atoms with Gasteiger partial charge in [-0.2, -0.15) is 0 Å². The van der Waals surface area contributed by atoms with Crippen LogP contribution in [0.4, 0.5) is 0 Å². The Morgan fingerprint density at radius 2 is 1.44 bits per heavy atom. The smallest absolute Gasteiger partial charge is 0.197 e. The van der Waals surface area contributed by atoms with Crippen LogP contribution in [0.2, 0.25) is 0 Å². The van der Waals surface area contributed by atoms with Gasteiger partial charge in [-0.05, 0) is 56.9 Å². The average molecular weight is 464 g/mol. The Morgan fingerprint density at radius 3 is 2.06 bits per heavy atom. The molecule has 3 nitrogen and oxygen atoms in total. The lowest BCUT2D eigenvalue weighted by molar-refractivity contribution is 0.286. The molecule has 0 saturated carbocycles. The van der Waals surface area contributed by atoms with Crippen molar-refractivity contribution in [1.82, 2.24) is 4.98 Å². The second-order valence-electron chi connectivity index (χ2n) is 9.90. The maximum Gasteiger partial charge on any atom is 0.197 e. The number of rotatable bonds is 2. The minimum Gasteiger partial charge on any atom is -0.475 e. The van der Waals surface area contributed by atoms with Crippen molar-refractivity contribution in [2.45, 2.75) is 31.8 Å². The van der Waals surface area contributed by atoms with Crippen molar-refractivity contribution in [1.29, 1.82) is 0 Å². The maximum absolute atomic E-state index is 15.3. The molecule has 0 saturated heterocycles. The number of aromatic nitrogens is 1. The number of nitrogens with zero attached hydrogens (tertiary/aromatic N) is 1. The number of benzene rings is 4. The molecular formula is C30H26NO2P. The standard InChI is InChI=1S/C30H26NO2P/c1-30(2,3)34(32)28-24(15-10-17-26(28)33-29(34)25-16-8-9-18-31-25)27-22-13-6-4-11-20(22)19-21-12-5-7-14-23(21)27/h4-19,29H,1-3H3. The number of fused-ring (bicyclic) bond motifs is 3. The molecule has 1 aliphatic rings. The largest absolute Gasteiger partial charge is 0.475 e. The molecule has 168 valence electrons. The molecule has 34 heavy (non-hydrogen) atoms. The van der Waals surface area contributed by atoms with Gasteiger partial charge in [0.2, 0.25) is 0 Å². The molecule has 0 amide bonds. The van der Waals surface area contributed by atoms with Crippen molar-refractivity contribution in [3.05, 3.63) is 103 Å². The lowest BCUT2D eigenvalue weighted by Gasteiger charge is -2.32. The highest BCUT2D eigenvalue weighted by Gasteiger charge is 2.55. The minimum atomic E-state index is -3.12. The minimum absolute atomic E-state index is 0.517. The van der Waals surface area contributed by atoms with Crippen molar-refractivity contribution in [3.63, 3.8) is 0 Å². The average Bonchev–Trinajstić information content (AvgIpc) is 3.17. The molecule has 1 aliphatic heterocycles. The van der Waals surface area contributed by atoms with Crippen LogP contribution in [0.3, 0.4) is 0 Å². The summed E-state index contributed by atoms with van der Waals surface area (Å²) in [5, 5.41) is 4.95. The van der Waals surface area contributed by atoms with Gasteiger partial charge in [0.15, 0.2) is 13.0 Å². The van der Waals surface area contributed by atoms with Crippen LogP contribution >= 0.6 is 7.14 Å². The van der Waals surface area contributed by atoms with Gasteiger partial charge in [-0.3, -0.25) is 4.98 Å². The Kier molecular flexibility index (Phi) is 4.69. The third-order valence-corrected chi connectivity index (χ3v) is 11.0. The van der Waals surface area contributed by atoms with Crippen LogP contribution in [0.1, 0.15) is 32.3 Å². The predicted octanol–water partition coefficient (Wildman–Crippen LogP) is 7.93. The van der Waals surface area contributed by atoms with Gasteiger partial charge in [0, 0.05) is 11.4 Å². The molecule has 6 rings (SSSR count). The monoisotopic (exact) mass is 463 g/mol. The van der Waals surface area contributed by atoms with Crippen LogP contribution in [0.5, 0.6) is 5.75 Å². The van der Waals surface area contributed by atoms with Gasteiger partial charge < -0.3 is 9.30 Å². The fourth-order valence-electron chi connectivity index (χ4n) is 5.23. The van der Waals surface area contributed by atoms with Gasteiger partial charge in [0.1, 0.15) is 5.75 Å².